The van der Waals surface area contributed by atoms with E-state index >= 15 is 0 Å². The Kier molecular flexibility index (Phi) is 3.77. The van der Waals surface area contributed by atoms with E-state index < -0.39 is 6.61 Å². The number of amides is 1. The van der Waals surface area contributed by atoms with Gasteiger partial charge in [-0.15, -0.1) is 0 Å². The molecule has 22 heavy (non-hydrogen) atoms. The van der Waals surface area contributed by atoms with Crippen LogP contribution in [0.5, 0.6) is 0 Å². The van der Waals surface area contributed by atoms with Gasteiger partial charge >= 0.3 is 0 Å². The average Bonchev–Trinajstić information content (AvgIpc) is 2.82. The third-order valence-electron chi connectivity index (χ3n) is 3.93. The van der Waals surface area contributed by atoms with Crippen LogP contribution in [0.2, 0.25) is 0 Å². The second-order valence-corrected chi connectivity index (χ2v) is 5.57. The van der Waals surface area contributed by atoms with Crippen LogP contribution in [0.4, 0.5) is 5.69 Å². The van der Waals surface area contributed by atoms with E-state index in [1.807, 2.05) is 31.2 Å². The molecule has 0 saturated carbocycles. The second-order valence-electron chi connectivity index (χ2n) is 5.57. The molecule has 0 aromatic heterocycles. The van der Waals surface area contributed by atoms with Gasteiger partial charge in [0.2, 0.25) is 5.91 Å². The summed E-state index contributed by atoms with van der Waals surface area (Å²) in [5, 5.41) is 8.85. The Morgan fingerprint density at radius 3 is 2.59 bits per heavy atom. The number of Topliss-reactive ketones (excluding diaryl/α,β-unsaturated/α-hetero) is 1. The summed E-state index contributed by atoms with van der Waals surface area (Å²) in [5.41, 5.74) is 4.62. The van der Waals surface area contributed by atoms with E-state index in [0.717, 1.165) is 22.4 Å². The third-order valence-corrected chi connectivity index (χ3v) is 3.93. The molecule has 1 aliphatic rings. The summed E-state index contributed by atoms with van der Waals surface area (Å²) in [6.45, 7) is 2.02. The SMILES string of the molecule is Cc1ccc2c(c1)CC(=O)N2Cc1ccc(C(=O)CO)cc1. The summed E-state index contributed by atoms with van der Waals surface area (Å²) in [4.78, 5) is 25.4. The summed E-state index contributed by atoms with van der Waals surface area (Å²) in [5.74, 6) is -0.208. The molecule has 1 heterocycles. The number of aliphatic hydroxyl groups excluding tert-OH is 1. The molecule has 0 bridgehead atoms. The number of hydrogen-bond donors (Lipinski definition) is 1. The molecular formula is C18H17NO3. The van der Waals surface area contributed by atoms with Crippen molar-refractivity contribution in [2.45, 2.75) is 19.9 Å². The number of hydrogen-bond acceptors (Lipinski definition) is 3. The van der Waals surface area contributed by atoms with Gasteiger partial charge in [-0.25, -0.2) is 0 Å². The van der Waals surface area contributed by atoms with Crippen LogP contribution in [0.3, 0.4) is 0 Å². The van der Waals surface area contributed by atoms with Crippen LogP contribution >= 0.6 is 0 Å². The lowest BCUT2D eigenvalue weighted by Crippen LogP contribution is -2.26. The zero-order chi connectivity index (χ0) is 15.7. The molecule has 2 aromatic rings. The van der Waals surface area contributed by atoms with Crippen molar-refractivity contribution in [2.24, 2.45) is 0 Å². The summed E-state index contributed by atoms with van der Waals surface area (Å²) in [6, 6.07) is 13.1. The highest BCUT2D eigenvalue weighted by Crippen LogP contribution is 2.30. The van der Waals surface area contributed by atoms with Gasteiger partial charge in [0.05, 0.1) is 13.0 Å². The number of aryl methyl sites for hydroxylation is 1. The van der Waals surface area contributed by atoms with E-state index in [-0.39, 0.29) is 11.7 Å². The predicted molar refractivity (Wildman–Crippen MR) is 83.9 cm³/mol. The van der Waals surface area contributed by atoms with Gasteiger partial charge in [-0.2, -0.15) is 0 Å². The molecule has 1 amide bonds. The first-order valence-electron chi connectivity index (χ1n) is 7.21. The monoisotopic (exact) mass is 295 g/mol. The topological polar surface area (TPSA) is 57.6 Å². The van der Waals surface area contributed by atoms with Crippen molar-refractivity contribution in [3.05, 3.63) is 64.7 Å². The van der Waals surface area contributed by atoms with E-state index in [1.54, 1.807) is 17.0 Å². The van der Waals surface area contributed by atoms with Crippen LogP contribution in [0.15, 0.2) is 42.5 Å². The standard InChI is InChI=1S/C18H17NO3/c1-12-2-7-16-15(8-12)9-18(22)19(16)10-13-3-5-14(6-4-13)17(21)11-20/h2-8,20H,9-11H2,1H3. The third kappa shape index (κ3) is 2.65. The van der Waals surface area contributed by atoms with Crippen molar-refractivity contribution >= 4 is 17.4 Å². The number of nitrogens with zero attached hydrogens (tertiary/aromatic N) is 1. The molecule has 3 rings (SSSR count). The Bertz CT molecular complexity index is 734. The van der Waals surface area contributed by atoms with Gasteiger partial charge in [-0.05, 0) is 24.1 Å². The molecular weight excluding hydrogens is 278 g/mol. The maximum atomic E-state index is 12.2. The number of benzene rings is 2. The van der Waals surface area contributed by atoms with Crippen LogP contribution in [0, 0.1) is 6.92 Å². The van der Waals surface area contributed by atoms with Gasteiger partial charge < -0.3 is 10.0 Å². The highest BCUT2D eigenvalue weighted by atomic mass is 16.3. The summed E-state index contributed by atoms with van der Waals surface area (Å²) in [7, 11) is 0. The van der Waals surface area contributed by atoms with E-state index in [1.165, 1.54) is 0 Å². The minimum Gasteiger partial charge on any atom is -0.388 e. The second kappa shape index (κ2) is 5.73. The van der Waals surface area contributed by atoms with Crippen LogP contribution < -0.4 is 4.90 Å². The number of rotatable bonds is 4. The zero-order valence-corrected chi connectivity index (χ0v) is 12.4. The Balaban J connectivity index is 1.82. The van der Waals surface area contributed by atoms with E-state index in [2.05, 4.69) is 6.07 Å². The lowest BCUT2D eigenvalue weighted by Gasteiger charge is -2.18. The van der Waals surface area contributed by atoms with Gasteiger partial charge in [-0.3, -0.25) is 9.59 Å². The number of carbonyl (C=O) groups excluding carboxylic acids is 2. The fraction of sp³-hybridized carbons (Fsp3) is 0.222. The molecule has 0 fully saturated rings. The highest BCUT2D eigenvalue weighted by molar-refractivity contribution is 6.01. The van der Waals surface area contributed by atoms with Crippen molar-refractivity contribution in [3.63, 3.8) is 0 Å². The number of aliphatic hydroxyl groups is 1. The molecule has 0 aliphatic carbocycles. The minimum atomic E-state index is -0.489. The molecule has 0 unspecified atom stereocenters. The van der Waals surface area contributed by atoms with E-state index in [4.69, 9.17) is 5.11 Å². The van der Waals surface area contributed by atoms with Gasteiger partial charge in [0.1, 0.15) is 6.61 Å². The van der Waals surface area contributed by atoms with Gasteiger partial charge in [0, 0.05) is 11.3 Å². The molecule has 0 radical (unpaired) electrons. The Labute approximate surface area is 129 Å². The molecule has 0 spiro atoms. The van der Waals surface area contributed by atoms with Crippen molar-refractivity contribution in [3.8, 4) is 0 Å². The van der Waals surface area contributed by atoms with Crippen LogP contribution in [-0.4, -0.2) is 23.4 Å². The first-order chi connectivity index (χ1) is 10.6. The van der Waals surface area contributed by atoms with Gasteiger partial charge in [-0.1, -0.05) is 42.0 Å². The Hall–Kier alpha value is -2.46. The maximum absolute atomic E-state index is 12.2. The maximum Gasteiger partial charge on any atom is 0.231 e. The molecule has 2 aromatic carbocycles. The average molecular weight is 295 g/mol. The van der Waals surface area contributed by atoms with Crippen LogP contribution in [0.1, 0.15) is 27.0 Å². The van der Waals surface area contributed by atoms with Crippen molar-refractivity contribution in [2.75, 3.05) is 11.5 Å². The summed E-state index contributed by atoms with van der Waals surface area (Å²) < 4.78 is 0. The number of fused-ring (bicyclic) bond motifs is 1. The van der Waals surface area contributed by atoms with Gasteiger partial charge in [0.25, 0.3) is 0 Å². The minimum absolute atomic E-state index is 0.0936. The molecule has 1 aliphatic heterocycles. The number of anilines is 1. The molecule has 0 saturated heterocycles. The largest absolute Gasteiger partial charge is 0.388 e. The smallest absolute Gasteiger partial charge is 0.231 e. The summed E-state index contributed by atoms with van der Waals surface area (Å²) >= 11 is 0. The van der Waals surface area contributed by atoms with Crippen molar-refractivity contribution in [1.29, 1.82) is 0 Å². The number of ketones is 1. The molecule has 112 valence electrons. The molecule has 1 N–H and O–H groups in total. The molecule has 4 heteroatoms. The Morgan fingerprint density at radius 1 is 1.18 bits per heavy atom. The van der Waals surface area contributed by atoms with Crippen molar-refractivity contribution in [1.82, 2.24) is 0 Å². The number of carbonyl (C=O) groups is 2. The normalized spacial score (nSPS) is 13.4. The zero-order valence-electron chi connectivity index (χ0n) is 12.4. The van der Waals surface area contributed by atoms with Crippen molar-refractivity contribution < 1.29 is 14.7 Å². The van der Waals surface area contributed by atoms with E-state index in [0.29, 0.717) is 18.5 Å². The predicted octanol–water partition coefficient (Wildman–Crippen LogP) is 2.26. The van der Waals surface area contributed by atoms with Crippen LogP contribution in [-0.2, 0) is 17.8 Å². The van der Waals surface area contributed by atoms with Crippen LogP contribution in [0.25, 0.3) is 0 Å². The molecule has 4 nitrogen and oxygen atoms in total. The lowest BCUT2D eigenvalue weighted by atomic mass is 10.1. The van der Waals surface area contributed by atoms with Gasteiger partial charge in [0.15, 0.2) is 5.78 Å². The first-order valence-corrected chi connectivity index (χ1v) is 7.21. The first kappa shape index (κ1) is 14.5. The fourth-order valence-corrected chi connectivity index (χ4v) is 2.76. The summed E-state index contributed by atoms with van der Waals surface area (Å²) in [6.07, 6.45) is 0.443. The lowest BCUT2D eigenvalue weighted by molar-refractivity contribution is -0.117. The quantitative estimate of drug-likeness (QED) is 0.880. The highest BCUT2D eigenvalue weighted by Gasteiger charge is 2.27. The van der Waals surface area contributed by atoms with E-state index in [9.17, 15) is 9.59 Å². The fourth-order valence-electron chi connectivity index (χ4n) is 2.76. The Morgan fingerprint density at radius 2 is 1.91 bits per heavy atom. The molecule has 0 atom stereocenters.